The summed E-state index contributed by atoms with van der Waals surface area (Å²) in [5, 5.41) is 0. The second-order valence-electron chi connectivity index (χ2n) is 7.23. The maximum atomic E-state index is 4.58. The summed E-state index contributed by atoms with van der Waals surface area (Å²) >= 11 is 0. The normalized spacial score (nSPS) is 17.7. The van der Waals surface area contributed by atoms with E-state index in [-0.39, 0.29) is 0 Å². The van der Waals surface area contributed by atoms with Crippen LogP contribution in [0.3, 0.4) is 0 Å². The minimum Gasteiger partial charge on any atom is -0.349 e. The van der Waals surface area contributed by atoms with Gasteiger partial charge in [0.1, 0.15) is 24.3 Å². The van der Waals surface area contributed by atoms with Gasteiger partial charge in [0.2, 0.25) is 0 Å². The Bertz CT molecular complexity index is 839. The molecule has 3 aromatic rings. The molecular weight excluding hydrogens is 322 g/mol. The van der Waals surface area contributed by atoms with Crippen molar-refractivity contribution in [3.05, 3.63) is 66.5 Å². The lowest BCUT2D eigenvalue weighted by Gasteiger charge is -2.37. The topological polar surface area (TPSA) is 46.8 Å². The quantitative estimate of drug-likeness (QED) is 0.696. The molecule has 0 aliphatic carbocycles. The van der Waals surface area contributed by atoms with Crippen LogP contribution in [0.15, 0.2) is 55.4 Å². The number of rotatable bonds is 4. The number of nitrogens with zero attached hydrogens (tertiary/aromatic N) is 5. The van der Waals surface area contributed by atoms with E-state index in [0.717, 1.165) is 24.6 Å². The predicted octanol–water partition coefficient (Wildman–Crippen LogP) is 4.52. The first-order valence-electron chi connectivity index (χ1n) is 9.39. The van der Waals surface area contributed by atoms with E-state index in [1.807, 2.05) is 10.8 Å². The van der Waals surface area contributed by atoms with Crippen molar-refractivity contribution in [1.29, 1.82) is 0 Å². The SMILES string of the molecule is CC(C)c1ccc([C@H]2CCCCN2c2cc(-n3ccnc3)ncn2)cc1. The molecular formula is C21H25N5. The highest BCUT2D eigenvalue weighted by Crippen LogP contribution is 2.34. The number of anilines is 1. The lowest BCUT2D eigenvalue weighted by Crippen LogP contribution is -2.34. The van der Waals surface area contributed by atoms with Crippen molar-refractivity contribution in [2.24, 2.45) is 0 Å². The molecule has 1 fully saturated rings. The number of benzene rings is 1. The Morgan fingerprint density at radius 3 is 2.58 bits per heavy atom. The zero-order valence-electron chi connectivity index (χ0n) is 15.4. The van der Waals surface area contributed by atoms with Crippen LogP contribution in [0.1, 0.15) is 56.2 Å². The molecule has 1 aliphatic rings. The minimum absolute atomic E-state index is 0.371. The highest BCUT2D eigenvalue weighted by molar-refractivity contribution is 5.47. The summed E-state index contributed by atoms with van der Waals surface area (Å²) in [7, 11) is 0. The van der Waals surface area contributed by atoms with Gasteiger partial charge in [-0.15, -0.1) is 0 Å². The summed E-state index contributed by atoms with van der Waals surface area (Å²) in [6.07, 6.45) is 10.7. The third-order valence-electron chi connectivity index (χ3n) is 5.19. The largest absolute Gasteiger partial charge is 0.349 e. The summed E-state index contributed by atoms with van der Waals surface area (Å²) in [5.41, 5.74) is 2.76. The van der Waals surface area contributed by atoms with Crippen molar-refractivity contribution in [3.8, 4) is 5.82 Å². The zero-order valence-corrected chi connectivity index (χ0v) is 15.4. The molecule has 0 unspecified atom stereocenters. The van der Waals surface area contributed by atoms with Crippen molar-refractivity contribution in [3.63, 3.8) is 0 Å². The van der Waals surface area contributed by atoms with Gasteiger partial charge in [-0.3, -0.25) is 4.57 Å². The average Bonchev–Trinajstić information content (AvgIpc) is 3.23. The highest BCUT2D eigenvalue weighted by Gasteiger charge is 2.25. The molecule has 1 aliphatic heterocycles. The first-order chi connectivity index (χ1) is 12.7. The van der Waals surface area contributed by atoms with Gasteiger partial charge >= 0.3 is 0 Å². The monoisotopic (exact) mass is 347 g/mol. The smallest absolute Gasteiger partial charge is 0.143 e. The summed E-state index contributed by atoms with van der Waals surface area (Å²) < 4.78 is 1.92. The molecule has 5 nitrogen and oxygen atoms in total. The van der Waals surface area contributed by atoms with Gasteiger partial charge in [-0.1, -0.05) is 38.1 Å². The van der Waals surface area contributed by atoms with Crippen LogP contribution in [-0.4, -0.2) is 26.1 Å². The van der Waals surface area contributed by atoms with Gasteiger partial charge in [0, 0.05) is 25.0 Å². The Morgan fingerprint density at radius 2 is 1.85 bits per heavy atom. The molecule has 1 saturated heterocycles. The van der Waals surface area contributed by atoms with E-state index < -0.39 is 0 Å². The average molecular weight is 347 g/mol. The summed E-state index contributed by atoms with van der Waals surface area (Å²) in [4.78, 5) is 15.5. The molecule has 3 heterocycles. The molecule has 1 aromatic carbocycles. The van der Waals surface area contributed by atoms with E-state index in [4.69, 9.17) is 0 Å². The predicted molar refractivity (Wildman–Crippen MR) is 104 cm³/mol. The van der Waals surface area contributed by atoms with Gasteiger partial charge in [-0.2, -0.15) is 0 Å². The molecule has 4 rings (SSSR count). The Labute approximate surface area is 154 Å². The Balaban J connectivity index is 1.64. The van der Waals surface area contributed by atoms with Crippen LogP contribution < -0.4 is 4.90 Å². The van der Waals surface area contributed by atoms with E-state index in [9.17, 15) is 0 Å². The Morgan fingerprint density at radius 1 is 1.04 bits per heavy atom. The number of hydrogen-bond donors (Lipinski definition) is 0. The third-order valence-corrected chi connectivity index (χ3v) is 5.19. The van der Waals surface area contributed by atoms with Crippen molar-refractivity contribution >= 4 is 5.82 Å². The zero-order chi connectivity index (χ0) is 17.9. The molecule has 0 radical (unpaired) electrons. The summed E-state index contributed by atoms with van der Waals surface area (Å²) in [6, 6.07) is 11.5. The second-order valence-corrected chi connectivity index (χ2v) is 7.23. The van der Waals surface area contributed by atoms with Gasteiger partial charge in [0.05, 0.1) is 6.04 Å². The molecule has 2 aromatic heterocycles. The fourth-order valence-corrected chi connectivity index (χ4v) is 3.69. The molecule has 0 bridgehead atoms. The van der Waals surface area contributed by atoms with Crippen LogP contribution in [-0.2, 0) is 0 Å². The van der Waals surface area contributed by atoms with Crippen LogP contribution >= 0.6 is 0 Å². The van der Waals surface area contributed by atoms with Gasteiger partial charge in [-0.05, 0) is 36.3 Å². The van der Waals surface area contributed by atoms with Crippen molar-refractivity contribution in [1.82, 2.24) is 19.5 Å². The van der Waals surface area contributed by atoms with Crippen LogP contribution in [0.5, 0.6) is 0 Å². The minimum atomic E-state index is 0.371. The third kappa shape index (κ3) is 3.34. The van der Waals surface area contributed by atoms with Gasteiger partial charge in [0.15, 0.2) is 0 Å². The van der Waals surface area contributed by atoms with E-state index in [1.165, 1.54) is 24.0 Å². The lowest BCUT2D eigenvalue weighted by atomic mass is 9.93. The summed E-state index contributed by atoms with van der Waals surface area (Å²) in [5.74, 6) is 2.40. The van der Waals surface area contributed by atoms with Gasteiger partial charge in [0.25, 0.3) is 0 Å². The summed E-state index contributed by atoms with van der Waals surface area (Å²) in [6.45, 7) is 5.50. The van der Waals surface area contributed by atoms with Crippen LogP contribution in [0, 0.1) is 0 Å². The number of aromatic nitrogens is 4. The molecule has 0 saturated carbocycles. The van der Waals surface area contributed by atoms with Gasteiger partial charge < -0.3 is 4.90 Å². The maximum absolute atomic E-state index is 4.58. The molecule has 0 amide bonds. The van der Waals surface area contributed by atoms with Crippen molar-refractivity contribution in [2.45, 2.75) is 45.1 Å². The maximum Gasteiger partial charge on any atom is 0.143 e. The van der Waals surface area contributed by atoms with E-state index in [0.29, 0.717) is 12.0 Å². The number of piperidine rings is 1. The highest BCUT2D eigenvalue weighted by atomic mass is 15.2. The standard InChI is InChI=1S/C21H25N5/c1-16(2)17-6-8-18(9-7-17)19-5-3-4-11-26(19)21-13-20(23-14-24-21)25-12-10-22-15-25/h6-10,12-16,19H,3-5,11H2,1-2H3/t19-/m1/s1. The van der Waals surface area contributed by atoms with Crippen molar-refractivity contribution < 1.29 is 0 Å². The first-order valence-corrected chi connectivity index (χ1v) is 9.39. The Kier molecular flexibility index (Phi) is 4.69. The van der Waals surface area contributed by atoms with Crippen LogP contribution in [0.2, 0.25) is 0 Å². The number of imidazole rings is 1. The van der Waals surface area contributed by atoms with E-state index in [2.05, 4.69) is 64.0 Å². The lowest BCUT2D eigenvalue weighted by molar-refractivity contribution is 0.469. The van der Waals surface area contributed by atoms with Crippen LogP contribution in [0.4, 0.5) is 5.82 Å². The van der Waals surface area contributed by atoms with E-state index in [1.54, 1.807) is 18.9 Å². The fraction of sp³-hybridized carbons (Fsp3) is 0.381. The molecule has 5 heteroatoms. The van der Waals surface area contributed by atoms with E-state index >= 15 is 0 Å². The number of hydrogen-bond acceptors (Lipinski definition) is 4. The van der Waals surface area contributed by atoms with Gasteiger partial charge in [-0.25, -0.2) is 15.0 Å². The Hall–Kier alpha value is -2.69. The fourth-order valence-electron chi connectivity index (χ4n) is 3.69. The second kappa shape index (κ2) is 7.28. The molecule has 0 spiro atoms. The van der Waals surface area contributed by atoms with Crippen LogP contribution in [0.25, 0.3) is 5.82 Å². The molecule has 1 atom stereocenters. The first kappa shape index (κ1) is 16.8. The molecule has 0 N–H and O–H groups in total. The molecule has 26 heavy (non-hydrogen) atoms. The van der Waals surface area contributed by atoms with Crippen molar-refractivity contribution in [2.75, 3.05) is 11.4 Å². The molecule has 134 valence electrons.